The summed E-state index contributed by atoms with van der Waals surface area (Å²) in [6, 6.07) is 7.62. The lowest BCUT2D eigenvalue weighted by Crippen LogP contribution is -2.38. The van der Waals surface area contributed by atoms with Crippen molar-refractivity contribution in [2.24, 2.45) is 17.4 Å². The third kappa shape index (κ3) is 6.99. The van der Waals surface area contributed by atoms with Gasteiger partial charge in [0, 0.05) is 30.8 Å². The lowest BCUT2D eigenvalue weighted by atomic mass is 9.91. The number of rotatable bonds is 4. The number of nitrogens with zero attached hydrogens (tertiary/aromatic N) is 1. The summed E-state index contributed by atoms with van der Waals surface area (Å²) < 4.78 is 25.8. The third-order valence-corrected chi connectivity index (χ3v) is 5.43. The van der Waals surface area contributed by atoms with E-state index in [1.165, 1.54) is 25.9 Å². The molecule has 1 aliphatic heterocycles. The Kier molecular flexibility index (Phi) is 8.54. The molecule has 146 valence electrons. The zero-order valence-electron chi connectivity index (χ0n) is 15.3. The molecule has 0 atom stereocenters. The summed E-state index contributed by atoms with van der Waals surface area (Å²) in [5.41, 5.74) is 13.1. The minimum Gasteiger partial charge on any atom is -0.330 e. The molecule has 4 N–H and O–H groups in total. The summed E-state index contributed by atoms with van der Waals surface area (Å²) in [4.78, 5) is 3.31. The largest absolute Gasteiger partial charge is 0.330 e. The van der Waals surface area contributed by atoms with Gasteiger partial charge in [0.2, 0.25) is 0 Å². The number of alkyl halides is 2. The summed E-state index contributed by atoms with van der Waals surface area (Å²) >= 11 is 4.18. The van der Waals surface area contributed by atoms with Crippen molar-refractivity contribution in [1.29, 1.82) is 0 Å². The van der Waals surface area contributed by atoms with Crippen LogP contribution in [0.3, 0.4) is 0 Å². The Hall–Kier alpha value is -0.950. The standard InChI is InChI=1S/C12H12F2S.C8H19N3/c13-12(14)7-5-10(6-8-12)9-1-3-11(15)4-2-9;9-3-6-11-4-1-8(7-10)2-5-11/h1-5,15H,6-8H2;8H,1-7,9-10H2. The Morgan fingerprint density at radius 1 is 1.12 bits per heavy atom. The van der Waals surface area contributed by atoms with Gasteiger partial charge in [0.05, 0.1) is 0 Å². The van der Waals surface area contributed by atoms with Crippen LogP contribution in [0.5, 0.6) is 0 Å². The van der Waals surface area contributed by atoms with E-state index in [0.717, 1.165) is 41.6 Å². The summed E-state index contributed by atoms with van der Waals surface area (Å²) in [5.74, 6) is -1.74. The van der Waals surface area contributed by atoms with Gasteiger partial charge in [0.1, 0.15) is 0 Å². The summed E-state index contributed by atoms with van der Waals surface area (Å²) in [7, 11) is 0. The van der Waals surface area contributed by atoms with Crippen molar-refractivity contribution in [3.05, 3.63) is 35.9 Å². The van der Waals surface area contributed by atoms with Gasteiger partial charge in [0.15, 0.2) is 0 Å². The van der Waals surface area contributed by atoms with Crippen LogP contribution in [0.1, 0.15) is 37.7 Å². The molecule has 1 aromatic carbocycles. The molecule has 3 nitrogen and oxygen atoms in total. The smallest absolute Gasteiger partial charge is 0.251 e. The maximum Gasteiger partial charge on any atom is 0.251 e. The number of piperidine rings is 1. The molecular weight excluding hydrogens is 352 g/mol. The lowest BCUT2D eigenvalue weighted by Gasteiger charge is -2.30. The van der Waals surface area contributed by atoms with Crippen molar-refractivity contribution in [3.8, 4) is 0 Å². The van der Waals surface area contributed by atoms with Gasteiger partial charge in [-0.15, -0.1) is 12.6 Å². The first-order valence-electron chi connectivity index (χ1n) is 9.42. The molecule has 0 bridgehead atoms. The van der Waals surface area contributed by atoms with Crippen LogP contribution in [0.2, 0.25) is 0 Å². The van der Waals surface area contributed by atoms with Crippen LogP contribution in [-0.2, 0) is 0 Å². The van der Waals surface area contributed by atoms with E-state index in [2.05, 4.69) is 17.5 Å². The highest BCUT2D eigenvalue weighted by Crippen LogP contribution is 2.36. The second-order valence-corrected chi connectivity index (χ2v) is 7.66. The molecule has 1 aliphatic carbocycles. The van der Waals surface area contributed by atoms with Gasteiger partial charge >= 0.3 is 0 Å². The average molecular weight is 384 g/mol. The molecule has 6 heteroatoms. The second kappa shape index (κ2) is 10.4. The molecule has 3 rings (SSSR count). The summed E-state index contributed by atoms with van der Waals surface area (Å²) in [6.45, 7) is 5.08. The normalized spacial score (nSPS) is 20.9. The van der Waals surface area contributed by atoms with Gasteiger partial charge in [-0.05, 0) is 68.1 Å². The van der Waals surface area contributed by atoms with E-state index >= 15 is 0 Å². The summed E-state index contributed by atoms with van der Waals surface area (Å²) in [6.07, 6.45) is 4.45. The summed E-state index contributed by atoms with van der Waals surface area (Å²) in [5, 5.41) is 0. The number of benzene rings is 1. The van der Waals surface area contributed by atoms with Crippen LogP contribution in [0, 0.1) is 5.92 Å². The number of allylic oxidation sites excluding steroid dienone is 2. The second-order valence-electron chi connectivity index (χ2n) is 7.15. The monoisotopic (exact) mass is 383 g/mol. The molecule has 0 saturated carbocycles. The van der Waals surface area contributed by atoms with Crippen molar-refractivity contribution in [1.82, 2.24) is 4.90 Å². The number of nitrogens with two attached hydrogens (primary N) is 2. The molecular formula is C20H31F2N3S. The van der Waals surface area contributed by atoms with Gasteiger partial charge in [-0.25, -0.2) is 8.78 Å². The van der Waals surface area contributed by atoms with Crippen molar-refractivity contribution < 1.29 is 8.78 Å². The van der Waals surface area contributed by atoms with Crippen LogP contribution in [0.4, 0.5) is 8.78 Å². The minimum absolute atomic E-state index is 0.0402. The van der Waals surface area contributed by atoms with E-state index in [1.807, 2.05) is 24.3 Å². The zero-order chi connectivity index (χ0) is 19.0. The SMILES string of the molecule is FC1(F)CC=C(c2ccc(S)cc2)CC1.NCCN1CCC(CN)CC1. The van der Waals surface area contributed by atoms with E-state index < -0.39 is 5.92 Å². The van der Waals surface area contributed by atoms with Gasteiger partial charge in [-0.3, -0.25) is 0 Å². The number of hydrogen-bond acceptors (Lipinski definition) is 4. The van der Waals surface area contributed by atoms with Gasteiger partial charge < -0.3 is 16.4 Å². The molecule has 0 amide bonds. The Morgan fingerprint density at radius 2 is 1.77 bits per heavy atom. The van der Waals surface area contributed by atoms with Crippen molar-refractivity contribution >= 4 is 18.2 Å². The first-order valence-corrected chi connectivity index (χ1v) is 9.87. The van der Waals surface area contributed by atoms with E-state index in [9.17, 15) is 8.78 Å². The zero-order valence-corrected chi connectivity index (χ0v) is 16.2. The van der Waals surface area contributed by atoms with E-state index in [-0.39, 0.29) is 12.8 Å². The van der Waals surface area contributed by atoms with Crippen molar-refractivity contribution in [2.45, 2.75) is 42.9 Å². The molecule has 0 aromatic heterocycles. The third-order valence-electron chi connectivity index (χ3n) is 5.13. The molecule has 1 saturated heterocycles. The molecule has 0 radical (unpaired) electrons. The minimum atomic E-state index is -2.51. The van der Waals surface area contributed by atoms with E-state index in [4.69, 9.17) is 11.5 Å². The maximum absolute atomic E-state index is 12.9. The van der Waals surface area contributed by atoms with Gasteiger partial charge in [-0.1, -0.05) is 18.2 Å². The fourth-order valence-corrected chi connectivity index (χ4v) is 3.51. The molecule has 1 fully saturated rings. The number of halogens is 2. The van der Waals surface area contributed by atoms with Crippen LogP contribution in [0.15, 0.2) is 35.2 Å². The van der Waals surface area contributed by atoms with Crippen LogP contribution in [0.25, 0.3) is 5.57 Å². The molecule has 0 unspecified atom stereocenters. The number of thiol groups is 1. The highest BCUT2D eigenvalue weighted by atomic mass is 32.1. The predicted molar refractivity (Wildman–Crippen MR) is 108 cm³/mol. The van der Waals surface area contributed by atoms with E-state index in [1.54, 1.807) is 6.08 Å². The molecule has 2 aliphatic rings. The first kappa shape index (κ1) is 21.4. The molecule has 1 heterocycles. The quantitative estimate of drug-likeness (QED) is 0.694. The predicted octanol–water partition coefficient (Wildman–Crippen LogP) is 3.79. The Labute approximate surface area is 161 Å². The van der Waals surface area contributed by atoms with Gasteiger partial charge in [0.25, 0.3) is 5.92 Å². The molecule has 1 aromatic rings. The fourth-order valence-electron chi connectivity index (χ4n) is 3.36. The number of likely N-dealkylation sites (tertiary alicyclic amines) is 1. The van der Waals surface area contributed by atoms with Gasteiger partial charge in [-0.2, -0.15) is 0 Å². The first-order chi connectivity index (χ1) is 12.4. The highest BCUT2D eigenvalue weighted by Gasteiger charge is 2.30. The number of hydrogen-bond donors (Lipinski definition) is 3. The Bertz CT molecular complexity index is 567. The van der Waals surface area contributed by atoms with Crippen LogP contribution < -0.4 is 11.5 Å². The fraction of sp³-hybridized carbons (Fsp3) is 0.600. The molecule has 26 heavy (non-hydrogen) atoms. The lowest BCUT2D eigenvalue weighted by molar-refractivity contribution is -0.00602. The van der Waals surface area contributed by atoms with Crippen LogP contribution in [-0.4, -0.2) is 43.5 Å². The Morgan fingerprint density at radius 3 is 2.27 bits per heavy atom. The highest BCUT2D eigenvalue weighted by molar-refractivity contribution is 7.80. The van der Waals surface area contributed by atoms with Crippen molar-refractivity contribution in [2.75, 3.05) is 32.7 Å². The average Bonchev–Trinajstić information content (AvgIpc) is 2.64. The maximum atomic E-state index is 12.9. The van der Waals surface area contributed by atoms with Crippen LogP contribution >= 0.6 is 12.6 Å². The van der Waals surface area contributed by atoms with E-state index in [0.29, 0.717) is 6.42 Å². The molecule has 0 spiro atoms. The topological polar surface area (TPSA) is 55.3 Å². The van der Waals surface area contributed by atoms with Crippen molar-refractivity contribution in [3.63, 3.8) is 0 Å². The Balaban J connectivity index is 0.000000197.